The van der Waals surface area contributed by atoms with E-state index in [9.17, 15) is 4.79 Å². The molecule has 1 aliphatic heterocycles. The van der Waals surface area contributed by atoms with E-state index in [1.54, 1.807) is 30.7 Å². The molecule has 3 aromatic rings. The largest absolute Gasteiger partial charge is 0.337 e. The normalized spacial score (nSPS) is 17.0. The molecule has 8 heteroatoms. The number of nitrogens with one attached hydrogen (secondary N) is 1. The molecule has 0 spiro atoms. The van der Waals surface area contributed by atoms with Crippen molar-refractivity contribution in [2.24, 2.45) is 0 Å². The molecule has 0 aliphatic carbocycles. The Balaban J connectivity index is 1.47. The molecule has 1 fully saturated rings. The van der Waals surface area contributed by atoms with E-state index in [4.69, 9.17) is 11.6 Å². The second-order valence-electron chi connectivity index (χ2n) is 5.94. The third kappa shape index (κ3) is 3.23. The molecule has 1 unspecified atom stereocenters. The van der Waals surface area contributed by atoms with Gasteiger partial charge in [0.25, 0.3) is 5.91 Å². The number of nitrogens with zero attached hydrogens (tertiary/aromatic N) is 5. The molecule has 126 valence electrons. The average molecular weight is 355 g/mol. The minimum Gasteiger partial charge on any atom is -0.337 e. The van der Waals surface area contributed by atoms with Crippen LogP contribution >= 0.6 is 11.6 Å². The SMILES string of the molecule is O=C(c1cc(-c2ccnnc2)n[nH]1)N1CCC(c2ccc(Cl)cn2)C1. The van der Waals surface area contributed by atoms with Crippen LogP contribution in [0.1, 0.15) is 28.5 Å². The quantitative estimate of drug-likeness (QED) is 0.781. The number of amides is 1. The van der Waals surface area contributed by atoms with Gasteiger partial charge in [-0.3, -0.25) is 14.9 Å². The Morgan fingerprint density at radius 1 is 1.24 bits per heavy atom. The van der Waals surface area contributed by atoms with E-state index in [1.165, 1.54) is 0 Å². The van der Waals surface area contributed by atoms with Crippen LogP contribution in [0.4, 0.5) is 0 Å². The predicted molar refractivity (Wildman–Crippen MR) is 92.1 cm³/mol. The standard InChI is InChI=1S/C17H15ClN6O/c18-13-1-2-14(19-9-13)12-4-6-24(10-12)17(25)16-7-15(22-23-16)11-3-5-20-21-8-11/h1-3,5,7-9,12H,4,6,10H2,(H,22,23). The average Bonchev–Trinajstić information content (AvgIpc) is 3.33. The van der Waals surface area contributed by atoms with Crippen molar-refractivity contribution < 1.29 is 4.79 Å². The summed E-state index contributed by atoms with van der Waals surface area (Å²) in [6.45, 7) is 1.33. The summed E-state index contributed by atoms with van der Waals surface area (Å²) in [5, 5.41) is 15.2. The fraction of sp³-hybridized carbons (Fsp3) is 0.235. The van der Waals surface area contributed by atoms with Crippen molar-refractivity contribution in [3.8, 4) is 11.3 Å². The van der Waals surface area contributed by atoms with E-state index < -0.39 is 0 Å². The molecule has 1 aliphatic rings. The van der Waals surface area contributed by atoms with E-state index in [1.807, 2.05) is 17.0 Å². The lowest BCUT2D eigenvalue weighted by Crippen LogP contribution is -2.28. The van der Waals surface area contributed by atoms with Crippen molar-refractivity contribution in [2.75, 3.05) is 13.1 Å². The Kier molecular flexibility index (Phi) is 4.15. The first-order valence-corrected chi connectivity index (χ1v) is 8.32. The van der Waals surface area contributed by atoms with Gasteiger partial charge in [-0.2, -0.15) is 15.3 Å². The maximum atomic E-state index is 12.7. The van der Waals surface area contributed by atoms with Crippen LogP contribution in [-0.2, 0) is 0 Å². The Morgan fingerprint density at radius 3 is 2.92 bits per heavy atom. The number of carbonyl (C=O) groups is 1. The highest BCUT2D eigenvalue weighted by Crippen LogP contribution is 2.27. The molecule has 4 rings (SSSR count). The summed E-state index contributed by atoms with van der Waals surface area (Å²) in [5.74, 6) is 0.172. The number of likely N-dealkylation sites (tertiary alicyclic amines) is 1. The molecule has 1 atom stereocenters. The lowest BCUT2D eigenvalue weighted by molar-refractivity contribution is 0.0785. The van der Waals surface area contributed by atoms with Crippen LogP contribution in [-0.4, -0.2) is 49.3 Å². The summed E-state index contributed by atoms with van der Waals surface area (Å²) in [7, 11) is 0. The molecule has 0 radical (unpaired) electrons. The molecule has 0 bridgehead atoms. The monoisotopic (exact) mass is 354 g/mol. The maximum absolute atomic E-state index is 12.7. The first-order chi connectivity index (χ1) is 12.2. The van der Waals surface area contributed by atoms with Gasteiger partial charge in [0.05, 0.1) is 23.1 Å². The zero-order valence-electron chi connectivity index (χ0n) is 13.3. The van der Waals surface area contributed by atoms with Crippen LogP contribution in [0.3, 0.4) is 0 Å². The number of hydrogen-bond donors (Lipinski definition) is 1. The van der Waals surface area contributed by atoms with Gasteiger partial charge in [-0.15, -0.1) is 0 Å². The minimum atomic E-state index is -0.0581. The van der Waals surface area contributed by atoms with E-state index in [-0.39, 0.29) is 11.8 Å². The number of hydrogen-bond acceptors (Lipinski definition) is 5. The van der Waals surface area contributed by atoms with Gasteiger partial charge in [-0.05, 0) is 30.7 Å². The molecule has 1 saturated heterocycles. The van der Waals surface area contributed by atoms with Crippen LogP contribution < -0.4 is 0 Å². The molecule has 0 saturated carbocycles. The van der Waals surface area contributed by atoms with Gasteiger partial charge in [-0.25, -0.2) is 0 Å². The van der Waals surface area contributed by atoms with Gasteiger partial charge in [0.1, 0.15) is 5.69 Å². The fourth-order valence-corrected chi connectivity index (χ4v) is 3.12. The van der Waals surface area contributed by atoms with Gasteiger partial charge in [0, 0.05) is 36.5 Å². The summed E-state index contributed by atoms with van der Waals surface area (Å²) in [5.41, 5.74) is 2.92. The summed E-state index contributed by atoms with van der Waals surface area (Å²) in [6.07, 6.45) is 5.74. The van der Waals surface area contributed by atoms with Crippen molar-refractivity contribution in [3.63, 3.8) is 0 Å². The second kappa shape index (κ2) is 6.60. The first kappa shape index (κ1) is 15.7. The number of aromatic amines is 1. The van der Waals surface area contributed by atoms with Crippen molar-refractivity contribution in [2.45, 2.75) is 12.3 Å². The van der Waals surface area contributed by atoms with Crippen LogP contribution in [0.25, 0.3) is 11.3 Å². The first-order valence-electron chi connectivity index (χ1n) is 7.94. The molecular weight excluding hydrogens is 340 g/mol. The lowest BCUT2D eigenvalue weighted by atomic mass is 10.0. The van der Waals surface area contributed by atoms with Crippen molar-refractivity contribution in [1.29, 1.82) is 0 Å². The molecule has 4 heterocycles. The number of rotatable bonds is 3. The Hall–Kier alpha value is -2.80. The van der Waals surface area contributed by atoms with Crippen LogP contribution in [0.2, 0.25) is 5.02 Å². The highest BCUT2D eigenvalue weighted by Gasteiger charge is 2.29. The number of H-pyrrole nitrogens is 1. The van der Waals surface area contributed by atoms with Crippen molar-refractivity contribution in [3.05, 3.63) is 59.3 Å². The Morgan fingerprint density at radius 2 is 2.16 bits per heavy atom. The third-order valence-electron chi connectivity index (χ3n) is 4.33. The number of aromatic nitrogens is 5. The molecule has 25 heavy (non-hydrogen) atoms. The van der Waals surface area contributed by atoms with Gasteiger partial charge < -0.3 is 4.90 Å². The van der Waals surface area contributed by atoms with Crippen LogP contribution in [0.15, 0.2) is 42.9 Å². The van der Waals surface area contributed by atoms with Gasteiger partial charge in [0.15, 0.2) is 0 Å². The molecule has 7 nitrogen and oxygen atoms in total. The smallest absolute Gasteiger partial charge is 0.271 e. The number of pyridine rings is 1. The summed E-state index contributed by atoms with van der Waals surface area (Å²) >= 11 is 5.88. The molecule has 1 amide bonds. The van der Waals surface area contributed by atoms with Crippen LogP contribution in [0, 0.1) is 0 Å². The zero-order chi connectivity index (χ0) is 17.2. The summed E-state index contributed by atoms with van der Waals surface area (Å²) in [6, 6.07) is 7.30. The zero-order valence-corrected chi connectivity index (χ0v) is 14.0. The van der Waals surface area contributed by atoms with E-state index in [2.05, 4.69) is 25.4 Å². The minimum absolute atomic E-state index is 0.0581. The second-order valence-corrected chi connectivity index (χ2v) is 6.37. The summed E-state index contributed by atoms with van der Waals surface area (Å²) in [4.78, 5) is 18.9. The Labute approximate surface area is 149 Å². The number of carbonyl (C=O) groups excluding carboxylic acids is 1. The molecule has 0 aromatic carbocycles. The number of halogens is 1. The van der Waals surface area contributed by atoms with E-state index in [0.717, 1.165) is 17.7 Å². The van der Waals surface area contributed by atoms with Crippen LogP contribution in [0.5, 0.6) is 0 Å². The van der Waals surface area contributed by atoms with Gasteiger partial charge in [-0.1, -0.05) is 11.6 Å². The van der Waals surface area contributed by atoms with Crippen molar-refractivity contribution in [1.82, 2.24) is 30.3 Å². The van der Waals surface area contributed by atoms with Gasteiger partial charge in [0.2, 0.25) is 0 Å². The predicted octanol–water partition coefficient (Wildman–Crippen LogP) is 2.54. The fourth-order valence-electron chi connectivity index (χ4n) is 3.01. The lowest BCUT2D eigenvalue weighted by Gasteiger charge is -2.15. The molecule has 1 N–H and O–H groups in total. The van der Waals surface area contributed by atoms with E-state index >= 15 is 0 Å². The van der Waals surface area contributed by atoms with Crippen molar-refractivity contribution >= 4 is 17.5 Å². The summed E-state index contributed by atoms with van der Waals surface area (Å²) < 4.78 is 0. The van der Waals surface area contributed by atoms with Gasteiger partial charge >= 0.3 is 0 Å². The van der Waals surface area contributed by atoms with E-state index in [0.29, 0.717) is 29.5 Å². The third-order valence-corrected chi connectivity index (χ3v) is 4.56. The highest BCUT2D eigenvalue weighted by atomic mass is 35.5. The maximum Gasteiger partial charge on any atom is 0.271 e. The molecule has 3 aromatic heterocycles. The highest BCUT2D eigenvalue weighted by molar-refractivity contribution is 6.30. The molecular formula is C17H15ClN6O. The Bertz CT molecular complexity index is 880. The topological polar surface area (TPSA) is 87.7 Å².